The second-order valence-electron chi connectivity index (χ2n) is 3.48. The highest BCUT2D eigenvalue weighted by molar-refractivity contribution is 5.95. The van der Waals surface area contributed by atoms with Gasteiger partial charge in [0.2, 0.25) is 5.91 Å². The molecule has 4 N–H and O–H groups in total. The molecule has 0 aromatic rings. The second kappa shape index (κ2) is 9.59. The summed E-state index contributed by atoms with van der Waals surface area (Å²) in [5.41, 5.74) is 0. The molecule has 0 aliphatic carbocycles. The lowest BCUT2D eigenvalue weighted by Gasteiger charge is -2.06. The summed E-state index contributed by atoms with van der Waals surface area (Å²) >= 11 is 0. The third-order valence-corrected chi connectivity index (χ3v) is 1.82. The van der Waals surface area contributed by atoms with E-state index >= 15 is 0 Å². The van der Waals surface area contributed by atoms with Crippen molar-refractivity contribution in [2.24, 2.45) is 0 Å². The highest BCUT2D eigenvalue weighted by atomic mass is 16.4. The average molecular weight is 245 g/mol. The van der Waals surface area contributed by atoms with Gasteiger partial charge in [-0.05, 0) is 19.4 Å². The van der Waals surface area contributed by atoms with E-state index in [2.05, 4.69) is 16.0 Å². The summed E-state index contributed by atoms with van der Waals surface area (Å²) in [5.74, 6) is -1.30. The van der Waals surface area contributed by atoms with Crippen LogP contribution in [0, 0.1) is 0 Å². The van der Waals surface area contributed by atoms with Crippen LogP contribution < -0.4 is 16.0 Å². The maximum atomic E-state index is 11.2. The molecule has 0 atom stereocenters. The van der Waals surface area contributed by atoms with E-state index < -0.39 is 17.9 Å². The molecule has 17 heavy (non-hydrogen) atoms. The highest BCUT2D eigenvalue weighted by Crippen LogP contribution is 1.85. The predicted molar refractivity (Wildman–Crippen MR) is 61.6 cm³/mol. The Morgan fingerprint density at radius 3 is 2.47 bits per heavy atom. The van der Waals surface area contributed by atoms with E-state index in [0.717, 1.165) is 6.42 Å². The van der Waals surface area contributed by atoms with Crippen LogP contribution in [-0.4, -0.2) is 42.6 Å². The summed E-state index contributed by atoms with van der Waals surface area (Å²) in [5, 5.41) is 15.8. The first-order chi connectivity index (χ1) is 8.06. The Morgan fingerprint density at radius 1 is 1.18 bits per heavy atom. The van der Waals surface area contributed by atoms with E-state index in [1.54, 1.807) is 0 Å². The maximum absolute atomic E-state index is 11.2. The summed E-state index contributed by atoms with van der Waals surface area (Å²) in [6.45, 7) is 2.85. The summed E-state index contributed by atoms with van der Waals surface area (Å²) in [7, 11) is 0. The van der Waals surface area contributed by atoms with Gasteiger partial charge >= 0.3 is 12.0 Å². The van der Waals surface area contributed by atoms with Crippen molar-refractivity contribution in [1.82, 2.24) is 16.0 Å². The molecule has 0 saturated carbocycles. The number of carboxylic acid groups (broad SMARTS) is 1. The van der Waals surface area contributed by atoms with Crippen molar-refractivity contribution in [1.29, 1.82) is 0 Å². The lowest BCUT2D eigenvalue weighted by atomic mass is 10.3. The summed E-state index contributed by atoms with van der Waals surface area (Å²) in [6, 6.07) is -0.510. The Bertz CT molecular complexity index is 268. The zero-order chi connectivity index (χ0) is 13.1. The number of aliphatic carboxylic acids is 1. The second-order valence-corrected chi connectivity index (χ2v) is 3.48. The minimum Gasteiger partial charge on any atom is -0.481 e. The Labute approximate surface area is 100.0 Å². The molecule has 0 aliphatic rings. The van der Waals surface area contributed by atoms with Gasteiger partial charge < -0.3 is 15.7 Å². The van der Waals surface area contributed by atoms with Crippen LogP contribution in [0.25, 0.3) is 0 Å². The van der Waals surface area contributed by atoms with Gasteiger partial charge in [-0.1, -0.05) is 6.92 Å². The molecule has 7 heteroatoms. The molecule has 0 saturated heterocycles. The first-order valence-electron chi connectivity index (χ1n) is 5.56. The van der Waals surface area contributed by atoms with Crippen molar-refractivity contribution < 1.29 is 19.5 Å². The molecule has 7 nitrogen and oxygen atoms in total. The van der Waals surface area contributed by atoms with Crippen molar-refractivity contribution in [2.75, 3.05) is 19.6 Å². The molecule has 0 aromatic heterocycles. The van der Waals surface area contributed by atoms with Crippen LogP contribution in [0.2, 0.25) is 0 Å². The number of amides is 3. The van der Waals surface area contributed by atoms with Gasteiger partial charge in [-0.25, -0.2) is 4.79 Å². The molecule has 0 aromatic carbocycles. The molecule has 0 radical (unpaired) electrons. The van der Waals surface area contributed by atoms with E-state index in [4.69, 9.17) is 5.11 Å². The molecule has 0 spiro atoms. The van der Waals surface area contributed by atoms with Crippen LogP contribution in [-0.2, 0) is 9.59 Å². The fraction of sp³-hybridized carbons (Fsp3) is 0.700. The van der Waals surface area contributed by atoms with Crippen LogP contribution in [0.15, 0.2) is 0 Å². The van der Waals surface area contributed by atoms with Gasteiger partial charge in [0.25, 0.3) is 0 Å². The molecule has 0 aliphatic heterocycles. The molecule has 0 rings (SSSR count). The summed E-state index contributed by atoms with van der Waals surface area (Å²) < 4.78 is 0. The number of carbonyl (C=O) groups is 3. The predicted octanol–water partition coefficient (Wildman–Crippen LogP) is -0.323. The largest absolute Gasteiger partial charge is 0.481 e. The van der Waals surface area contributed by atoms with Gasteiger partial charge in [0, 0.05) is 13.0 Å². The number of nitrogens with one attached hydrogen (secondary N) is 3. The van der Waals surface area contributed by atoms with Gasteiger partial charge in [0.05, 0.1) is 6.54 Å². The number of imide groups is 1. The fourth-order valence-electron chi connectivity index (χ4n) is 1.02. The molecule has 0 heterocycles. The summed E-state index contributed by atoms with van der Waals surface area (Å²) in [6.07, 6.45) is 1.31. The van der Waals surface area contributed by atoms with Crippen molar-refractivity contribution in [3.63, 3.8) is 0 Å². The molecule has 3 amide bonds. The standard InChI is InChI=1S/C10H19N3O4/c1-2-5-12-10(17)13-8(14)7-11-6-3-4-9(15)16/h11H,2-7H2,1H3,(H,15,16)(H2,12,13,14,17). The Kier molecular flexibility index (Phi) is 8.67. The third kappa shape index (κ3) is 10.6. The topological polar surface area (TPSA) is 108 Å². The monoisotopic (exact) mass is 245 g/mol. The van der Waals surface area contributed by atoms with E-state index in [1.807, 2.05) is 6.92 Å². The number of carboxylic acids is 1. The zero-order valence-corrected chi connectivity index (χ0v) is 9.91. The normalized spacial score (nSPS) is 9.71. The summed E-state index contributed by atoms with van der Waals surface area (Å²) in [4.78, 5) is 32.4. The first kappa shape index (κ1) is 15.4. The van der Waals surface area contributed by atoms with Gasteiger partial charge in [0.1, 0.15) is 0 Å². The minimum absolute atomic E-state index is 0.000829. The van der Waals surface area contributed by atoms with E-state index in [-0.39, 0.29) is 13.0 Å². The van der Waals surface area contributed by atoms with E-state index in [1.165, 1.54) is 0 Å². The maximum Gasteiger partial charge on any atom is 0.321 e. The van der Waals surface area contributed by atoms with Crippen LogP contribution in [0.4, 0.5) is 4.79 Å². The smallest absolute Gasteiger partial charge is 0.321 e. The SMILES string of the molecule is CCCNC(=O)NC(=O)CNCCCC(=O)O. The molecule has 98 valence electrons. The van der Waals surface area contributed by atoms with Crippen molar-refractivity contribution in [3.8, 4) is 0 Å². The molecule has 0 bridgehead atoms. The van der Waals surface area contributed by atoms with Crippen molar-refractivity contribution in [2.45, 2.75) is 26.2 Å². The number of rotatable bonds is 8. The number of hydrogen-bond acceptors (Lipinski definition) is 4. The van der Waals surface area contributed by atoms with Crippen LogP contribution in [0.1, 0.15) is 26.2 Å². The Morgan fingerprint density at radius 2 is 1.88 bits per heavy atom. The average Bonchev–Trinajstić information content (AvgIpc) is 2.25. The first-order valence-corrected chi connectivity index (χ1v) is 5.56. The third-order valence-electron chi connectivity index (χ3n) is 1.82. The van der Waals surface area contributed by atoms with Gasteiger partial charge in [-0.15, -0.1) is 0 Å². The lowest BCUT2D eigenvalue weighted by molar-refractivity contribution is -0.137. The number of urea groups is 1. The fourth-order valence-corrected chi connectivity index (χ4v) is 1.02. The molecule has 0 fully saturated rings. The van der Waals surface area contributed by atoms with Crippen molar-refractivity contribution >= 4 is 17.9 Å². The van der Waals surface area contributed by atoms with Crippen LogP contribution in [0.5, 0.6) is 0 Å². The molecule has 0 unspecified atom stereocenters. The molecular weight excluding hydrogens is 226 g/mol. The van der Waals surface area contributed by atoms with Gasteiger partial charge in [-0.2, -0.15) is 0 Å². The number of carbonyl (C=O) groups excluding carboxylic acids is 2. The zero-order valence-electron chi connectivity index (χ0n) is 9.91. The highest BCUT2D eigenvalue weighted by Gasteiger charge is 2.05. The lowest BCUT2D eigenvalue weighted by Crippen LogP contribution is -2.43. The van der Waals surface area contributed by atoms with Crippen LogP contribution in [0.3, 0.4) is 0 Å². The van der Waals surface area contributed by atoms with Crippen LogP contribution >= 0.6 is 0 Å². The van der Waals surface area contributed by atoms with Gasteiger partial charge in [-0.3, -0.25) is 14.9 Å². The quantitative estimate of drug-likeness (QED) is 0.438. The van der Waals surface area contributed by atoms with E-state index in [9.17, 15) is 14.4 Å². The Balaban J connectivity index is 3.46. The molecular formula is C10H19N3O4. The Hall–Kier alpha value is -1.63. The van der Waals surface area contributed by atoms with Gasteiger partial charge in [0.15, 0.2) is 0 Å². The van der Waals surface area contributed by atoms with E-state index in [0.29, 0.717) is 19.5 Å². The van der Waals surface area contributed by atoms with Crippen molar-refractivity contribution in [3.05, 3.63) is 0 Å². The number of hydrogen-bond donors (Lipinski definition) is 4. The minimum atomic E-state index is -0.866.